The molecule has 132 valence electrons. The van der Waals surface area contributed by atoms with E-state index in [2.05, 4.69) is 20.7 Å². The van der Waals surface area contributed by atoms with E-state index in [4.69, 9.17) is 11.6 Å². The third-order valence-corrected chi connectivity index (χ3v) is 3.50. The van der Waals surface area contributed by atoms with Crippen molar-refractivity contribution in [3.8, 4) is 5.75 Å². The molecule has 26 heavy (non-hydrogen) atoms. The van der Waals surface area contributed by atoms with Crippen molar-refractivity contribution in [2.75, 3.05) is 0 Å². The third kappa shape index (κ3) is 3.75. The molecule has 0 atom stereocenters. The molecule has 0 radical (unpaired) electrons. The van der Waals surface area contributed by atoms with Crippen LogP contribution in [0.25, 0.3) is 11.0 Å². The molecule has 0 bridgehead atoms. The van der Waals surface area contributed by atoms with E-state index in [1.54, 1.807) is 12.1 Å². The van der Waals surface area contributed by atoms with Crippen molar-refractivity contribution in [1.29, 1.82) is 0 Å². The van der Waals surface area contributed by atoms with Crippen LogP contribution in [0.5, 0.6) is 5.75 Å². The second-order valence-electron chi connectivity index (χ2n) is 5.13. The summed E-state index contributed by atoms with van der Waals surface area (Å²) in [7, 11) is 0. The van der Waals surface area contributed by atoms with Gasteiger partial charge in [-0.25, -0.2) is 5.43 Å². The second kappa shape index (κ2) is 7.15. The number of hydrogen-bond donors (Lipinski definition) is 2. The van der Waals surface area contributed by atoms with E-state index in [0.717, 1.165) is 12.3 Å². The topological polar surface area (TPSA) is 136 Å². The van der Waals surface area contributed by atoms with E-state index < -0.39 is 22.3 Å². The summed E-state index contributed by atoms with van der Waals surface area (Å²) in [6.07, 6.45) is 1.05. The molecule has 2 N–H and O–H groups in total. The maximum atomic E-state index is 11.9. The molecule has 1 heterocycles. The lowest BCUT2D eigenvalue weighted by atomic mass is 10.2. The molecule has 0 saturated heterocycles. The summed E-state index contributed by atoms with van der Waals surface area (Å²) in [5.74, 6) is -1.12. The average Bonchev–Trinajstić information content (AvgIpc) is 2.99. The molecule has 0 unspecified atom stereocenters. The van der Waals surface area contributed by atoms with Crippen LogP contribution in [0.3, 0.4) is 0 Å². The smallest absolute Gasteiger partial charge is 0.312 e. The number of rotatable bonds is 5. The normalized spacial score (nSPS) is 11.1. The molecular weight excluding hydrogens is 364 g/mol. The minimum atomic E-state index is -0.773. The van der Waals surface area contributed by atoms with Crippen LogP contribution in [-0.4, -0.2) is 37.1 Å². The zero-order valence-electron chi connectivity index (χ0n) is 13.0. The Morgan fingerprint density at radius 2 is 2.00 bits per heavy atom. The van der Waals surface area contributed by atoms with Crippen LogP contribution < -0.4 is 5.43 Å². The number of benzene rings is 2. The number of nitro groups is 1. The molecule has 11 heteroatoms. The van der Waals surface area contributed by atoms with Gasteiger partial charge in [-0.05, 0) is 18.2 Å². The fraction of sp³-hybridized carbons (Fsp3) is 0.0667. The lowest BCUT2D eigenvalue weighted by molar-refractivity contribution is -0.385. The Kier molecular flexibility index (Phi) is 4.76. The number of aromatic nitrogens is 3. The first-order chi connectivity index (χ1) is 12.4. The van der Waals surface area contributed by atoms with E-state index in [1.807, 2.05) is 12.1 Å². The Hall–Kier alpha value is -3.53. The first-order valence-electron chi connectivity index (χ1n) is 7.22. The number of hydrazone groups is 1. The number of amides is 1. The molecule has 0 spiro atoms. The lowest BCUT2D eigenvalue weighted by Gasteiger charge is -2.02. The Balaban J connectivity index is 1.68. The highest BCUT2D eigenvalue weighted by atomic mass is 35.5. The summed E-state index contributed by atoms with van der Waals surface area (Å²) in [5, 5.41) is 32.7. The zero-order valence-corrected chi connectivity index (χ0v) is 13.8. The molecule has 1 amide bonds. The first kappa shape index (κ1) is 17.3. The Morgan fingerprint density at radius 1 is 1.35 bits per heavy atom. The highest BCUT2D eigenvalue weighted by molar-refractivity contribution is 6.31. The van der Waals surface area contributed by atoms with Crippen LogP contribution in [0.15, 0.2) is 41.5 Å². The fourth-order valence-corrected chi connectivity index (χ4v) is 2.38. The minimum Gasteiger partial charge on any atom is -0.502 e. The number of aromatic hydroxyl groups is 1. The first-order valence-corrected chi connectivity index (χ1v) is 7.60. The SMILES string of the molecule is O=C(Cn1nc2ccccc2n1)N/N=C\c1cc(Cl)cc([N+](=O)[O-])c1O. The number of carbonyl (C=O) groups is 1. The van der Waals surface area contributed by atoms with Crippen molar-refractivity contribution in [2.45, 2.75) is 6.54 Å². The zero-order chi connectivity index (χ0) is 18.7. The minimum absolute atomic E-state index is 0.00699. The molecule has 2 aromatic carbocycles. The number of halogens is 1. The number of nitro benzene ring substituents is 1. The fourth-order valence-electron chi connectivity index (χ4n) is 2.16. The second-order valence-corrected chi connectivity index (χ2v) is 5.57. The van der Waals surface area contributed by atoms with Crippen molar-refractivity contribution in [1.82, 2.24) is 20.4 Å². The highest BCUT2D eigenvalue weighted by Gasteiger charge is 2.17. The van der Waals surface area contributed by atoms with Gasteiger partial charge in [-0.2, -0.15) is 20.1 Å². The van der Waals surface area contributed by atoms with E-state index in [-0.39, 0.29) is 17.1 Å². The van der Waals surface area contributed by atoms with E-state index in [9.17, 15) is 20.0 Å². The maximum Gasteiger partial charge on any atom is 0.312 e. The van der Waals surface area contributed by atoms with Crippen molar-refractivity contribution in [3.63, 3.8) is 0 Å². The molecular formula is C15H11ClN6O4. The third-order valence-electron chi connectivity index (χ3n) is 3.29. The number of phenols is 1. The summed E-state index contributed by atoms with van der Waals surface area (Å²) >= 11 is 5.77. The van der Waals surface area contributed by atoms with Crippen LogP contribution in [0.4, 0.5) is 5.69 Å². The van der Waals surface area contributed by atoms with Gasteiger partial charge in [0.05, 0.1) is 11.1 Å². The van der Waals surface area contributed by atoms with Crippen LogP contribution in [0.1, 0.15) is 5.56 Å². The molecule has 0 aliphatic heterocycles. The van der Waals surface area contributed by atoms with Crippen LogP contribution >= 0.6 is 11.6 Å². The van der Waals surface area contributed by atoms with Crippen molar-refractivity contribution in [3.05, 3.63) is 57.1 Å². The maximum absolute atomic E-state index is 11.9. The predicted octanol–water partition coefficient (Wildman–Crippen LogP) is 1.85. The van der Waals surface area contributed by atoms with Gasteiger partial charge in [-0.15, -0.1) is 0 Å². The summed E-state index contributed by atoms with van der Waals surface area (Å²) in [5.41, 5.74) is 2.97. The predicted molar refractivity (Wildman–Crippen MR) is 93.0 cm³/mol. The van der Waals surface area contributed by atoms with Gasteiger partial charge >= 0.3 is 5.69 Å². The largest absolute Gasteiger partial charge is 0.502 e. The highest BCUT2D eigenvalue weighted by Crippen LogP contribution is 2.32. The van der Waals surface area contributed by atoms with Crippen molar-refractivity contribution < 1.29 is 14.8 Å². The summed E-state index contributed by atoms with van der Waals surface area (Å²) in [4.78, 5) is 23.2. The monoisotopic (exact) mass is 374 g/mol. The van der Waals surface area contributed by atoms with Gasteiger partial charge in [0.25, 0.3) is 5.91 Å². The summed E-state index contributed by atoms with van der Waals surface area (Å²) in [6, 6.07) is 9.44. The van der Waals surface area contributed by atoms with Gasteiger partial charge in [-0.1, -0.05) is 23.7 Å². The standard InChI is InChI=1S/C15H11ClN6O4/c16-10-5-9(15(24)13(6-10)22(25)26)7-17-18-14(23)8-21-19-11-3-1-2-4-12(11)20-21/h1-7,24H,8H2,(H,18,23)/b17-7-. The number of hydrogen-bond acceptors (Lipinski definition) is 7. The van der Waals surface area contributed by atoms with Crippen molar-refractivity contribution in [2.24, 2.45) is 5.10 Å². The number of fused-ring (bicyclic) bond motifs is 1. The lowest BCUT2D eigenvalue weighted by Crippen LogP contribution is -2.24. The van der Waals surface area contributed by atoms with Crippen LogP contribution in [0, 0.1) is 10.1 Å². The van der Waals surface area contributed by atoms with E-state index in [1.165, 1.54) is 10.9 Å². The van der Waals surface area contributed by atoms with Gasteiger partial charge in [0.2, 0.25) is 5.75 Å². The quantitative estimate of drug-likeness (QED) is 0.397. The molecule has 0 fully saturated rings. The van der Waals surface area contributed by atoms with Crippen molar-refractivity contribution >= 4 is 40.4 Å². The van der Waals surface area contributed by atoms with Gasteiger partial charge in [0, 0.05) is 16.7 Å². The molecule has 3 rings (SSSR count). The van der Waals surface area contributed by atoms with Gasteiger partial charge in [0.1, 0.15) is 17.6 Å². The van der Waals surface area contributed by atoms with Crippen LogP contribution in [-0.2, 0) is 11.3 Å². The summed E-state index contributed by atoms with van der Waals surface area (Å²) in [6.45, 7) is -0.173. The molecule has 10 nitrogen and oxygen atoms in total. The molecule has 0 saturated carbocycles. The van der Waals surface area contributed by atoms with Gasteiger partial charge in [-0.3, -0.25) is 14.9 Å². The Labute approximate surface area is 150 Å². The van der Waals surface area contributed by atoms with Crippen LogP contribution in [0.2, 0.25) is 5.02 Å². The number of carbonyl (C=O) groups excluding carboxylic acids is 1. The average molecular weight is 375 g/mol. The Bertz CT molecular complexity index is 999. The molecule has 1 aromatic heterocycles. The van der Waals surface area contributed by atoms with Gasteiger partial charge < -0.3 is 5.11 Å². The van der Waals surface area contributed by atoms with E-state index >= 15 is 0 Å². The number of phenolic OH excluding ortho intramolecular Hbond substituents is 1. The number of nitrogens with zero attached hydrogens (tertiary/aromatic N) is 5. The van der Waals surface area contributed by atoms with E-state index in [0.29, 0.717) is 11.0 Å². The Morgan fingerprint density at radius 3 is 2.62 bits per heavy atom. The van der Waals surface area contributed by atoms with Gasteiger partial charge in [0.15, 0.2) is 0 Å². The molecule has 0 aliphatic carbocycles. The summed E-state index contributed by atoms with van der Waals surface area (Å²) < 4.78 is 0. The number of nitrogens with one attached hydrogen (secondary N) is 1. The molecule has 3 aromatic rings. The molecule has 0 aliphatic rings.